The second-order valence-corrected chi connectivity index (χ2v) is 7.54. The van der Waals surface area contributed by atoms with Gasteiger partial charge in [-0.15, -0.1) is 0 Å². The summed E-state index contributed by atoms with van der Waals surface area (Å²) in [6.45, 7) is 0.628. The summed E-state index contributed by atoms with van der Waals surface area (Å²) >= 11 is 0. The number of piperidine rings is 1. The molecular formula is C16H19NO3S. The lowest BCUT2D eigenvalue weighted by Gasteiger charge is -2.26. The fourth-order valence-electron chi connectivity index (χ4n) is 3.31. The normalized spacial score (nSPS) is 24.8. The van der Waals surface area contributed by atoms with Crippen molar-refractivity contribution in [2.24, 2.45) is 5.92 Å². The molecule has 2 bridgehead atoms. The second kappa shape index (κ2) is 5.80. The molecule has 4 nitrogen and oxygen atoms in total. The molecule has 0 amide bonds. The lowest BCUT2D eigenvalue weighted by Crippen LogP contribution is -2.37. The highest BCUT2D eigenvalue weighted by Gasteiger charge is 2.44. The van der Waals surface area contributed by atoms with Crippen LogP contribution in [-0.4, -0.2) is 37.0 Å². The van der Waals surface area contributed by atoms with Crippen LogP contribution in [0, 0.1) is 17.8 Å². The largest absolute Gasteiger partial charge is 0.395 e. The first-order chi connectivity index (χ1) is 10.1. The van der Waals surface area contributed by atoms with Gasteiger partial charge in [-0.1, -0.05) is 24.0 Å². The molecule has 1 heterocycles. The van der Waals surface area contributed by atoms with E-state index in [-0.39, 0.29) is 12.6 Å². The summed E-state index contributed by atoms with van der Waals surface area (Å²) < 4.78 is 27.4. The zero-order chi connectivity index (χ0) is 14.9. The van der Waals surface area contributed by atoms with Gasteiger partial charge in [-0.25, -0.2) is 8.42 Å². The van der Waals surface area contributed by atoms with Crippen molar-refractivity contribution < 1.29 is 13.5 Å². The quantitative estimate of drug-likeness (QED) is 0.863. The summed E-state index contributed by atoms with van der Waals surface area (Å²) in [5, 5.41) is 8.79. The summed E-state index contributed by atoms with van der Waals surface area (Å²) in [5.41, 5.74) is 0.522. The van der Waals surface area contributed by atoms with Gasteiger partial charge in [-0.05, 0) is 37.3 Å². The maximum absolute atomic E-state index is 12.9. The molecule has 2 aliphatic rings. The van der Waals surface area contributed by atoms with Crippen molar-refractivity contribution in [2.45, 2.75) is 36.6 Å². The molecular weight excluding hydrogens is 286 g/mol. The number of aliphatic hydroxyl groups excluding tert-OH is 1. The van der Waals surface area contributed by atoms with Crippen molar-refractivity contribution in [2.75, 3.05) is 13.2 Å². The van der Waals surface area contributed by atoms with Gasteiger partial charge in [0.15, 0.2) is 0 Å². The van der Waals surface area contributed by atoms with Crippen molar-refractivity contribution >= 4 is 10.0 Å². The molecule has 112 valence electrons. The SMILES string of the molecule is O=S(=O)(c1ccccc1C#CCCO)N1CC2CCC1C2. The van der Waals surface area contributed by atoms with Crippen molar-refractivity contribution in [3.63, 3.8) is 0 Å². The smallest absolute Gasteiger partial charge is 0.244 e. The van der Waals surface area contributed by atoms with Gasteiger partial charge in [0.1, 0.15) is 0 Å². The van der Waals surface area contributed by atoms with Gasteiger partial charge in [0.2, 0.25) is 10.0 Å². The van der Waals surface area contributed by atoms with Crippen LogP contribution in [0.1, 0.15) is 31.2 Å². The number of rotatable bonds is 3. The van der Waals surface area contributed by atoms with Gasteiger partial charge in [-0.2, -0.15) is 4.31 Å². The van der Waals surface area contributed by atoms with Crippen LogP contribution in [0.15, 0.2) is 29.2 Å². The van der Waals surface area contributed by atoms with E-state index in [0.29, 0.717) is 29.3 Å². The first-order valence-electron chi connectivity index (χ1n) is 7.33. The minimum absolute atomic E-state index is 0.0161. The first-order valence-corrected chi connectivity index (χ1v) is 8.77. The van der Waals surface area contributed by atoms with E-state index in [2.05, 4.69) is 11.8 Å². The topological polar surface area (TPSA) is 57.6 Å². The van der Waals surface area contributed by atoms with Gasteiger partial charge < -0.3 is 5.11 Å². The number of nitrogens with zero attached hydrogens (tertiary/aromatic N) is 1. The molecule has 0 spiro atoms. The van der Waals surface area contributed by atoms with Crippen LogP contribution in [0.4, 0.5) is 0 Å². The molecule has 2 atom stereocenters. The van der Waals surface area contributed by atoms with Gasteiger partial charge in [-0.3, -0.25) is 0 Å². The maximum atomic E-state index is 12.9. The Kier molecular flexibility index (Phi) is 4.03. The molecule has 5 heteroatoms. The van der Waals surface area contributed by atoms with Gasteiger partial charge in [0.25, 0.3) is 0 Å². The summed E-state index contributed by atoms with van der Waals surface area (Å²) in [5.74, 6) is 6.20. The first kappa shape index (κ1) is 14.6. The molecule has 1 N–H and O–H groups in total. The van der Waals surface area contributed by atoms with Gasteiger partial charge >= 0.3 is 0 Å². The van der Waals surface area contributed by atoms with E-state index in [0.717, 1.165) is 19.3 Å². The Bertz CT molecular complexity index is 687. The van der Waals surface area contributed by atoms with Crippen LogP contribution in [0.5, 0.6) is 0 Å². The molecule has 1 aromatic carbocycles. The zero-order valence-electron chi connectivity index (χ0n) is 11.8. The third kappa shape index (κ3) is 2.71. The number of hydrogen-bond donors (Lipinski definition) is 1. The third-order valence-electron chi connectivity index (χ3n) is 4.29. The monoisotopic (exact) mass is 305 g/mol. The summed E-state index contributed by atoms with van der Waals surface area (Å²) in [6.07, 6.45) is 3.47. The van der Waals surface area contributed by atoms with E-state index in [1.807, 2.05) is 0 Å². The number of benzene rings is 1. The van der Waals surface area contributed by atoms with Gasteiger partial charge in [0, 0.05) is 24.6 Å². The molecule has 0 aromatic heterocycles. The standard InChI is InChI=1S/C16H19NO3S/c18-10-4-3-6-14-5-1-2-7-16(14)21(19,20)17-12-13-8-9-15(17)11-13/h1-2,5,7,13,15,18H,4,8-12H2. The number of sulfonamides is 1. The summed E-state index contributed by atoms with van der Waals surface area (Å²) in [4.78, 5) is 0.294. The lowest BCUT2D eigenvalue weighted by molar-refractivity contribution is 0.305. The Morgan fingerprint density at radius 1 is 1.29 bits per heavy atom. The van der Waals surface area contributed by atoms with Crippen molar-refractivity contribution in [3.05, 3.63) is 29.8 Å². The molecule has 21 heavy (non-hydrogen) atoms. The Balaban J connectivity index is 1.95. The predicted octanol–water partition coefficient (Wildman–Crippen LogP) is 1.59. The van der Waals surface area contributed by atoms with E-state index >= 15 is 0 Å². The summed E-state index contributed by atoms with van der Waals surface area (Å²) in [7, 11) is -3.47. The molecule has 1 saturated heterocycles. The minimum Gasteiger partial charge on any atom is -0.395 e. The van der Waals surface area contributed by atoms with E-state index in [1.165, 1.54) is 0 Å². The highest BCUT2D eigenvalue weighted by molar-refractivity contribution is 7.89. The number of aliphatic hydroxyl groups is 1. The van der Waals surface area contributed by atoms with Crippen molar-refractivity contribution in [3.8, 4) is 11.8 Å². The van der Waals surface area contributed by atoms with Crippen LogP contribution in [0.25, 0.3) is 0 Å². The van der Waals surface area contributed by atoms with Crippen LogP contribution < -0.4 is 0 Å². The van der Waals surface area contributed by atoms with Crippen molar-refractivity contribution in [1.82, 2.24) is 4.31 Å². The minimum atomic E-state index is -3.47. The van der Waals surface area contributed by atoms with E-state index in [4.69, 9.17) is 5.11 Å². The molecule has 1 aliphatic carbocycles. The average molecular weight is 305 g/mol. The summed E-state index contributed by atoms with van der Waals surface area (Å²) in [6, 6.07) is 7.05. The highest BCUT2D eigenvalue weighted by atomic mass is 32.2. The van der Waals surface area contributed by atoms with Gasteiger partial charge in [0.05, 0.1) is 11.5 Å². The Hall–Kier alpha value is -1.35. The Morgan fingerprint density at radius 3 is 2.76 bits per heavy atom. The molecule has 0 radical (unpaired) electrons. The zero-order valence-corrected chi connectivity index (χ0v) is 12.6. The highest BCUT2D eigenvalue weighted by Crippen LogP contribution is 2.40. The predicted molar refractivity (Wildman–Crippen MR) is 80.0 cm³/mol. The Labute approximate surface area is 125 Å². The van der Waals surface area contributed by atoms with Crippen LogP contribution in [-0.2, 0) is 10.0 Å². The van der Waals surface area contributed by atoms with Crippen LogP contribution in [0.3, 0.4) is 0 Å². The number of hydrogen-bond acceptors (Lipinski definition) is 3. The second-order valence-electron chi connectivity index (χ2n) is 5.68. The molecule has 2 unspecified atom stereocenters. The molecule has 1 aliphatic heterocycles. The van der Waals surface area contributed by atoms with Crippen LogP contribution in [0.2, 0.25) is 0 Å². The fourth-order valence-corrected chi connectivity index (χ4v) is 5.20. The number of fused-ring (bicyclic) bond motifs is 2. The van der Waals surface area contributed by atoms with E-state index in [1.54, 1.807) is 28.6 Å². The molecule has 1 aromatic rings. The van der Waals surface area contributed by atoms with E-state index < -0.39 is 10.0 Å². The lowest BCUT2D eigenvalue weighted by atomic mass is 10.1. The van der Waals surface area contributed by atoms with E-state index in [9.17, 15) is 8.42 Å². The molecule has 2 fully saturated rings. The molecule has 3 rings (SSSR count). The maximum Gasteiger partial charge on any atom is 0.244 e. The average Bonchev–Trinajstić information content (AvgIpc) is 3.11. The third-order valence-corrected chi connectivity index (χ3v) is 6.27. The Morgan fingerprint density at radius 2 is 2.10 bits per heavy atom. The van der Waals surface area contributed by atoms with Crippen molar-refractivity contribution in [1.29, 1.82) is 0 Å². The van der Waals surface area contributed by atoms with Crippen LogP contribution >= 0.6 is 0 Å². The molecule has 1 saturated carbocycles. The fraction of sp³-hybridized carbons (Fsp3) is 0.500.